The first-order chi connectivity index (χ1) is 16.4. The van der Waals surface area contributed by atoms with Crippen LogP contribution in [0.3, 0.4) is 0 Å². The molecule has 0 aromatic heterocycles. The predicted molar refractivity (Wildman–Crippen MR) is 116 cm³/mol. The zero-order valence-corrected chi connectivity index (χ0v) is 18.7. The van der Waals surface area contributed by atoms with Crippen molar-refractivity contribution in [2.45, 2.75) is 25.4 Å². The number of methoxy groups -OCH3 is 1. The minimum Gasteiger partial charge on any atom is -0.496 e. The van der Waals surface area contributed by atoms with E-state index in [1.165, 1.54) is 39.3 Å². The molecule has 1 N–H and O–H groups in total. The molecule has 10 heteroatoms. The monoisotopic (exact) mass is 495 g/mol. The first-order valence-electron chi connectivity index (χ1n) is 10.4. The van der Waals surface area contributed by atoms with Gasteiger partial charge in [-0.05, 0) is 41.6 Å². The molecule has 184 valence electrons. The summed E-state index contributed by atoms with van der Waals surface area (Å²) in [4.78, 5) is 13.6. The second-order valence-electron chi connectivity index (χ2n) is 7.93. The van der Waals surface area contributed by atoms with E-state index in [1.54, 1.807) is 12.1 Å². The Labute approximate surface area is 196 Å². The molecule has 0 fully saturated rings. The van der Waals surface area contributed by atoms with Gasteiger partial charge in [-0.2, -0.15) is 26.3 Å². The number of ketones is 1. The van der Waals surface area contributed by atoms with Crippen LogP contribution in [0.25, 0.3) is 16.3 Å². The Morgan fingerprint density at radius 2 is 1.66 bits per heavy atom. The van der Waals surface area contributed by atoms with Crippen LogP contribution in [0.2, 0.25) is 0 Å². The van der Waals surface area contributed by atoms with Gasteiger partial charge in [0.15, 0.2) is 12.0 Å². The van der Waals surface area contributed by atoms with E-state index in [0.29, 0.717) is 5.39 Å². The lowest BCUT2D eigenvalue weighted by Gasteiger charge is -2.23. The molecule has 0 spiro atoms. The lowest BCUT2D eigenvalue weighted by Crippen LogP contribution is -2.19. The van der Waals surface area contributed by atoms with Crippen LogP contribution in [0.1, 0.15) is 33.9 Å². The third-order valence-corrected chi connectivity index (χ3v) is 5.78. The number of ether oxygens (including phenoxy) is 2. The number of hydrogen-bond donors (Lipinski definition) is 1. The molecular weight excluding hydrogens is 476 g/mol. The van der Waals surface area contributed by atoms with Crippen LogP contribution < -0.4 is 10.1 Å². The maximum atomic E-state index is 14.3. The molecule has 0 saturated heterocycles. The van der Waals surface area contributed by atoms with Crippen molar-refractivity contribution in [3.05, 3.63) is 82.2 Å². The number of nitrogens with one attached hydrogen (secondary N) is 1. The van der Waals surface area contributed by atoms with Crippen LogP contribution in [0.15, 0.2) is 54.4 Å². The smallest absolute Gasteiger partial charge is 0.417 e. The van der Waals surface area contributed by atoms with Gasteiger partial charge in [-0.25, -0.2) is 0 Å². The molecule has 0 saturated carbocycles. The molecule has 3 aromatic rings. The van der Waals surface area contributed by atoms with E-state index in [-0.39, 0.29) is 33.7 Å². The van der Waals surface area contributed by atoms with Gasteiger partial charge in [0.25, 0.3) is 0 Å². The van der Waals surface area contributed by atoms with E-state index in [2.05, 4.69) is 5.32 Å². The van der Waals surface area contributed by atoms with E-state index in [1.807, 2.05) is 0 Å². The quantitative estimate of drug-likeness (QED) is 0.424. The minimum atomic E-state index is -4.85. The molecule has 0 radical (unpaired) electrons. The molecule has 0 amide bonds. The van der Waals surface area contributed by atoms with E-state index in [0.717, 1.165) is 18.2 Å². The Balaban J connectivity index is 1.97. The van der Waals surface area contributed by atoms with Gasteiger partial charge < -0.3 is 14.8 Å². The summed E-state index contributed by atoms with van der Waals surface area (Å²) in [6.07, 6.45) is -11.3. The van der Waals surface area contributed by atoms with Crippen LogP contribution in [0.4, 0.5) is 26.3 Å². The fourth-order valence-corrected chi connectivity index (χ4v) is 4.38. The molecule has 1 aliphatic heterocycles. The minimum absolute atomic E-state index is 0.0343. The number of Topliss-reactive ketones (excluding diaryl/α,β-unsaturated/α-hetero) is 1. The van der Waals surface area contributed by atoms with Gasteiger partial charge in [0.2, 0.25) is 5.78 Å². The van der Waals surface area contributed by atoms with Crippen molar-refractivity contribution >= 4 is 22.1 Å². The molecular formula is C25H19F6NO3. The number of halogens is 6. The summed E-state index contributed by atoms with van der Waals surface area (Å²) in [5.74, 6) is -1.04. The summed E-state index contributed by atoms with van der Waals surface area (Å²) < 4.78 is 93.6. The van der Waals surface area contributed by atoms with Crippen molar-refractivity contribution in [1.82, 2.24) is 5.32 Å². The first kappa shape index (κ1) is 24.4. The molecule has 4 rings (SSSR count). The van der Waals surface area contributed by atoms with Crippen LogP contribution in [-0.2, 0) is 21.9 Å². The summed E-state index contributed by atoms with van der Waals surface area (Å²) in [7, 11) is 2.65. The van der Waals surface area contributed by atoms with Crippen molar-refractivity contribution in [2.75, 3.05) is 14.2 Å². The number of rotatable bonds is 4. The van der Waals surface area contributed by atoms with E-state index < -0.39 is 40.9 Å². The largest absolute Gasteiger partial charge is 0.496 e. The lowest BCUT2D eigenvalue weighted by molar-refractivity contribution is -0.140. The Morgan fingerprint density at radius 3 is 2.26 bits per heavy atom. The maximum absolute atomic E-state index is 14.3. The fraction of sp³-hybridized carbons (Fsp3) is 0.240. The maximum Gasteiger partial charge on any atom is 0.417 e. The molecule has 35 heavy (non-hydrogen) atoms. The molecule has 4 nitrogen and oxygen atoms in total. The molecule has 1 heterocycles. The second kappa shape index (κ2) is 8.51. The third-order valence-electron chi connectivity index (χ3n) is 5.78. The summed E-state index contributed by atoms with van der Waals surface area (Å²) in [6, 6.07) is 9.95. The van der Waals surface area contributed by atoms with Crippen molar-refractivity contribution < 1.29 is 40.6 Å². The van der Waals surface area contributed by atoms with Crippen LogP contribution in [0, 0.1) is 6.92 Å². The van der Waals surface area contributed by atoms with Crippen molar-refractivity contribution in [2.24, 2.45) is 0 Å². The zero-order chi connectivity index (χ0) is 25.7. The highest BCUT2D eigenvalue weighted by Gasteiger charge is 2.45. The number of aryl methyl sites for hydroxylation is 1. The highest BCUT2D eigenvalue weighted by molar-refractivity contribution is 6.26. The average molecular weight is 495 g/mol. The van der Waals surface area contributed by atoms with Gasteiger partial charge in [-0.1, -0.05) is 30.3 Å². The number of carbonyl (C=O) groups excluding carboxylic acids is 1. The molecule has 1 unspecified atom stereocenters. The Morgan fingerprint density at radius 1 is 0.971 bits per heavy atom. The van der Waals surface area contributed by atoms with Crippen molar-refractivity contribution in [3.8, 4) is 5.75 Å². The van der Waals surface area contributed by atoms with Crippen molar-refractivity contribution in [3.63, 3.8) is 0 Å². The van der Waals surface area contributed by atoms with Gasteiger partial charge >= 0.3 is 12.4 Å². The Bertz CT molecular complexity index is 1360. The van der Waals surface area contributed by atoms with Gasteiger partial charge in [-0.15, -0.1) is 0 Å². The molecule has 3 aromatic carbocycles. The molecule has 1 atom stereocenters. The number of alkyl halides is 6. The predicted octanol–water partition coefficient (Wildman–Crippen LogP) is 6.42. The van der Waals surface area contributed by atoms with Crippen LogP contribution in [0.5, 0.6) is 5.75 Å². The summed E-state index contributed by atoms with van der Waals surface area (Å²) in [5, 5.41) is 3.02. The van der Waals surface area contributed by atoms with Crippen LogP contribution in [-0.4, -0.2) is 19.9 Å². The number of hydrogen-bond acceptors (Lipinski definition) is 4. The van der Waals surface area contributed by atoms with E-state index in [9.17, 15) is 31.1 Å². The zero-order valence-electron chi connectivity index (χ0n) is 18.7. The molecule has 1 aliphatic rings. The van der Waals surface area contributed by atoms with E-state index in [4.69, 9.17) is 9.47 Å². The SMILES string of the molecule is CNC1=C(c2cccc(C(F)(F)F)c2)C(=O)C(c2c(C(F)(F)F)c(C)cc3cccc(OC)c23)O1. The highest BCUT2D eigenvalue weighted by Crippen LogP contribution is 2.48. The summed E-state index contributed by atoms with van der Waals surface area (Å²) in [5.41, 5.74) is -3.07. The van der Waals surface area contributed by atoms with Gasteiger partial charge in [-0.3, -0.25) is 4.79 Å². The van der Waals surface area contributed by atoms with Crippen molar-refractivity contribution in [1.29, 1.82) is 0 Å². The Kier molecular flexibility index (Phi) is 5.94. The van der Waals surface area contributed by atoms with Gasteiger partial charge in [0.05, 0.1) is 23.8 Å². The average Bonchev–Trinajstić information content (AvgIpc) is 3.12. The van der Waals surface area contributed by atoms with Gasteiger partial charge in [0.1, 0.15) is 5.75 Å². The number of fused-ring (bicyclic) bond motifs is 1. The standard InChI is InChI=1S/C25H19F6NO3/c1-12-10-13-7-5-9-16(34-3)17(13)19(20(12)25(29,30)31)22-21(33)18(23(32-2)35-22)14-6-4-8-15(11-14)24(26,27)28/h4-11,22,32H,1-3H3. The number of carbonyl (C=O) groups is 1. The normalized spacial score (nSPS) is 16.6. The fourth-order valence-electron chi connectivity index (χ4n) is 4.38. The first-order valence-corrected chi connectivity index (χ1v) is 10.4. The van der Waals surface area contributed by atoms with Gasteiger partial charge in [0, 0.05) is 18.0 Å². The van der Waals surface area contributed by atoms with E-state index >= 15 is 0 Å². The molecule has 0 aliphatic carbocycles. The summed E-state index contributed by atoms with van der Waals surface area (Å²) >= 11 is 0. The Hall–Kier alpha value is -3.69. The lowest BCUT2D eigenvalue weighted by atomic mass is 9.87. The third kappa shape index (κ3) is 4.17. The topological polar surface area (TPSA) is 47.6 Å². The highest BCUT2D eigenvalue weighted by atomic mass is 19.4. The summed E-state index contributed by atoms with van der Waals surface area (Å²) in [6.45, 7) is 1.27. The number of benzene rings is 3. The van der Waals surface area contributed by atoms with Crippen LogP contribution >= 0.6 is 0 Å². The second-order valence-corrected chi connectivity index (χ2v) is 7.93. The molecule has 0 bridgehead atoms.